The van der Waals surface area contributed by atoms with Crippen LogP contribution in [0.3, 0.4) is 0 Å². The van der Waals surface area contributed by atoms with Crippen molar-refractivity contribution in [1.82, 2.24) is 9.97 Å². The van der Waals surface area contributed by atoms with Gasteiger partial charge < -0.3 is 14.8 Å². The third kappa shape index (κ3) is 2.20. The lowest BCUT2D eigenvalue weighted by Crippen LogP contribution is -2.57. The zero-order valence-electron chi connectivity index (χ0n) is 10.7. The molecule has 0 aliphatic heterocycles. The smallest absolute Gasteiger partial charge is 0.218 e. The van der Waals surface area contributed by atoms with Gasteiger partial charge in [0.25, 0.3) is 0 Å². The van der Waals surface area contributed by atoms with Crippen molar-refractivity contribution in [2.75, 3.05) is 19.5 Å². The number of rotatable bonds is 4. The Morgan fingerprint density at radius 3 is 2.71 bits per heavy atom. The van der Waals surface area contributed by atoms with Crippen molar-refractivity contribution in [2.45, 2.75) is 32.4 Å². The Morgan fingerprint density at radius 1 is 1.35 bits per heavy atom. The van der Waals surface area contributed by atoms with E-state index in [1.807, 2.05) is 0 Å². The molecule has 0 bridgehead atoms. The van der Waals surface area contributed by atoms with Crippen LogP contribution in [0.2, 0.25) is 0 Å². The van der Waals surface area contributed by atoms with Crippen LogP contribution in [0.1, 0.15) is 20.3 Å². The summed E-state index contributed by atoms with van der Waals surface area (Å²) in [6.45, 7) is 4.39. The number of hydrogen-bond acceptors (Lipinski definition) is 5. The molecule has 1 heterocycles. The zero-order chi connectivity index (χ0) is 12.5. The molecule has 1 aliphatic rings. The van der Waals surface area contributed by atoms with Gasteiger partial charge >= 0.3 is 0 Å². The highest BCUT2D eigenvalue weighted by atomic mass is 16.5. The number of nitrogens with zero attached hydrogens (tertiary/aromatic N) is 2. The molecule has 1 aromatic rings. The van der Waals surface area contributed by atoms with Crippen molar-refractivity contribution in [3.8, 4) is 5.88 Å². The number of methoxy groups -OCH3 is 2. The Bertz CT molecular complexity index is 395. The molecule has 1 aliphatic carbocycles. The molecule has 2 rings (SSSR count). The van der Waals surface area contributed by atoms with Crippen LogP contribution in [-0.2, 0) is 4.74 Å². The lowest BCUT2D eigenvalue weighted by atomic mass is 9.64. The molecule has 1 fully saturated rings. The summed E-state index contributed by atoms with van der Waals surface area (Å²) in [6, 6.07) is 2.17. The van der Waals surface area contributed by atoms with E-state index in [4.69, 9.17) is 9.47 Å². The molecule has 0 saturated heterocycles. The SMILES string of the molecule is COc1cc(NC2CC(OC)C2(C)C)ncn1. The van der Waals surface area contributed by atoms with Gasteiger partial charge in [-0.1, -0.05) is 13.8 Å². The van der Waals surface area contributed by atoms with Crippen LogP contribution in [-0.4, -0.2) is 36.3 Å². The van der Waals surface area contributed by atoms with E-state index in [0.29, 0.717) is 18.0 Å². The summed E-state index contributed by atoms with van der Waals surface area (Å²) >= 11 is 0. The fourth-order valence-electron chi connectivity index (χ4n) is 2.24. The summed E-state index contributed by atoms with van der Waals surface area (Å²) in [5.41, 5.74) is 0.118. The fraction of sp³-hybridized carbons (Fsp3) is 0.667. The monoisotopic (exact) mass is 237 g/mol. The van der Waals surface area contributed by atoms with E-state index in [9.17, 15) is 0 Å². The number of anilines is 1. The first-order chi connectivity index (χ1) is 8.07. The highest BCUT2D eigenvalue weighted by molar-refractivity contribution is 5.40. The molecule has 0 radical (unpaired) electrons. The predicted molar refractivity (Wildman–Crippen MR) is 65.2 cm³/mol. The number of nitrogens with one attached hydrogen (secondary N) is 1. The van der Waals surface area contributed by atoms with Crippen LogP contribution < -0.4 is 10.1 Å². The van der Waals surface area contributed by atoms with Crippen LogP contribution in [0.15, 0.2) is 12.4 Å². The second-order valence-electron chi connectivity index (χ2n) is 4.92. The molecular weight excluding hydrogens is 218 g/mol. The highest BCUT2D eigenvalue weighted by Crippen LogP contribution is 2.43. The average Bonchev–Trinajstić information content (AvgIpc) is 2.34. The zero-order valence-corrected chi connectivity index (χ0v) is 10.7. The highest BCUT2D eigenvalue weighted by Gasteiger charge is 2.48. The van der Waals surface area contributed by atoms with Gasteiger partial charge in [0.05, 0.1) is 13.2 Å². The number of hydrogen-bond donors (Lipinski definition) is 1. The maximum Gasteiger partial charge on any atom is 0.218 e. The number of aromatic nitrogens is 2. The first kappa shape index (κ1) is 12.1. The Balaban J connectivity index is 2.02. The van der Waals surface area contributed by atoms with Gasteiger partial charge in [0.2, 0.25) is 5.88 Å². The molecule has 1 saturated carbocycles. The normalized spacial score (nSPS) is 26.1. The summed E-state index contributed by atoms with van der Waals surface area (Å²) in [5, 5.41) is 3.40. The predicted octanol–water partition coefficient (Wildman–Crippen LogP) is 1.71. The average molecular weight is 237 g/mol. The van der Waals surface area contributed by atoms with Crippen molar-refractivity contribution in [1.29, 1.82) is 0 Å². The lowest BCUT2D eigenvalue weighted by molar-refractivity contribution is -0.0795. The van der Waals surface area contributed by atoms with Gasteiger partial charge in [-0.15, -0.1) is 0 Å². The second-order valence-corrected chi connectivity index (χ2v) is 4.92. The molecule has 2 unspecified atom stereocenters. The second kappa shape index (κ2) is 4.49. The van der Waals surface area contributed by atoms with E-state index in [0.717, 1.165) is 12.2 Å². The van der Waals surface area contributed by atoms with Gasteiger partial charge in [0.15, 0.2) is 0 Å². The summed E-state index contributed by atoms with van der Waals surface area (Å²) in [4.78, 5) is 8.16. The summed E-state index contributed by atoms with van der Waals surface area (Å²) in [7, 11) is 3.36. The van der Waals surface area contributed by atoms with Gasteiger partial charge in [-0.05, 0) is 6.42 Å². The molecule has 2 atom stereocenters. The largest absolute Gasteiger partial charge is 0.481 e. The van der Waals surface area contributed by atoms with Crippen molar-refractivity contribution in [3.05, 3.63) is 12.4 Å². The lowest BCUT2D eigenvalue weighted by Gasteiger charge is -2.51. The third-order valence-electron chi connectivity index (χ3n) is 3.64. The molecule has 1 aromatic heterocycles. The van der Waals surface area contributed by atoms with Gasteiger partial charge in [-0.3, -0.25) is 0 Å². The topological polar surface area (TPSA) is 56.3 Å². The molecular formula is C12H19N3O2. The van der Waals surface area contributed by atoms with E-state index >= 15 is 0 Å². The minimum Gasteiger partial charge on any atom is -0.481 e. The standard InChI is InChI=1S/C12H19N3O2/c1-12(2)8(5-9(12)16-3)15-10-6-11(17-4)14-7-13-10/h6-9H,5H2,1-4H3,(H,13,14,15). The molecule has 5 heteroatoms. The quantitative estimate of drug-likeness (QED) is 0.864. The van der Waals surface area contributed by atoms with E-state index in [-0.39, 0.29) is 5.41 Å². The van der Waals surface area contributed by atoms with E-state index < -0.39 is 0 Å². The van der Waals surface area contributed by atoms with Crippen LogP contribution >= 0.6 is 0 Å². The Labute approximate surface area is 102 Å². The van der Waals surface area contributed by atoms with Crippen molar-refractivity contribution in [2.24, 2.45) is 5.41 Å². The van der Waals surface area contributed by atoms with E-state index in [2.05, 4.69) is 29.1 Å². The summed E-state index contributed by atoms with van der Waals surface area (Å²) in [5.74, 6) is 1.37. The molecule has 0 amide bonds. The Kier molecular flexibility index (Phi) is 3.19. The van der Waals surface area contributed by atoms with Gasteiger partial charge in [-0.25, -0.2) is 9.97 Å². The third-order valence-corrected chi connectivity index (χ3v) is 3.64. The van der Waals surface area contributed by atoms with Gasteiger partial charge in [-0.2, -0.15) is 0 Å². The molecule has 5 nitrogen and oxygen atoms in total. The van der Waals surface area contributed by atoms with E-state index in [1.165, 1.54) is 6.33 Å². The maximum absolute atomic E-state index is 5.42. The summed E-state index contributed by atoms with van der Waals surface area (Å²) < 4.78 is 10.5. The minimum absolute atomic E-state index is 0.118. The van der Waals surface area contributed by atoms with Crippen LogP contribution in [0.4, 0.5) is 5.82 Å². The Morgan fingerprint density at radius 2 is 2.12 bits per heavy atom. The molecule has 0 aromatic carbocycles. The summed E-state index contributed by atoms with van der Waals surface area (Å²) in [6.07, 6.45) is 2.81. The van der Waals surface area contributed by atoms with Crippen molar-refractivity contribution in [3.63, 3.8) is 0 Å². The van der Waals surface area contributed by atoms with Gasteiger partial charge in [0.1, 0.15) is 12.1 Å². The first-order valence-electron chi connectivity index (χ1n) is 5.73. The number of ether oxygens (including phenoxy) is 2. The molecule has 94 valence electrons. The molecule has 0 spiro atoms. The van der Waals surface area contributed by atoms with E-state index in [1.54, 1.807) is 20.3 Å². The van der Waals surface area contributed by atoms with Gasteiger partial charge in [0, 0.05) is 24.6 Å². The molecule has 17 heavy (non-hydrogen) atoms. The minimum atomic E-state index is 0.118. The van der Waals surface area contributed by atoms with Crippen molar-refractivity contribution < 1.29 is 9.47 Å². The molecule has 1 N–H and O–H groups in total. The Hall–Kier alpha value is -1.36. The maximum atomic E-state index is 5.42. The first-order valence-corrected chi connectivity index (χ1v) is 5.73. The van der Waals surface area contributed by atoms with Crippen molar-refractivity contribution >= 4 is 5.82 Å². The fourth-order valence-corrected chi connectivity index (χ4v) is 2.24. The van der Waals surface area contributed by atoms with Crippen LogP contribution in [0.25, 0.3) is 0 Å². The van der Waals surface area contributed by atoms with Crippen LogP contribution in [0.5, 0.6) is 5.88 Å². The van der Waals surface area contributed by atoms with Crippen LogP contribution in [0, 0.1) is 5.41 Å².